The molecule has 0 saturated heterocycles. The van der Waals surface area contributed by atoms with Crippen LogP contribution in [0.25, 0.3) is 16.9 Å². The summed E-state index contributed by atoms with van der Waals surface area (Å²) in [5, 5.41) is 9.25. The molecule has 134 valence electrons. The second-order valence-corrected chi connectivity index (χ2v) is 6.98. The molecule has 27 heavy (non-hydrogen) atoms. The Kier molecular flexibility index (Phi) is 4.32. The Morgan fingerprint density at radius 2 is 1.41 bits per heavy atom. The van der Waals surface area contributed by atoms with E-state index in [0.717, 1.165) is 45.1 Å². The third-order valence-electron chi connectivity index (χ3n) is 4.83. The average Bonchev–Trinajstić information content (AvgIpc) is 3.02. The van der Waals surface area contributed by atoms with E-state index in [4.69, 9.17) is 4.98 Å². The topological polar surface area (TPSA) is 42.0 Å². The molecule has 0 amide bonds. The number of hydrogen-bond donors (Lipinski definition) is 0. The van der Waals surface area contributed by atoms with Crippen molar-refractivity contribution >= 4 is 17.2 Å². The van der Waals surface area contributed by atoms with E-state index in [0.29, 0.717) is 0 Å². The second-order valence-electron chi connectivity index (χ2n) is 6.98. The van der Waals surface area contributed by atoms with Crippen molar-refractivity contribution in [3.63, 3.8) is 0 Å². The molecule has 0 bridgehead atoms. The van der Waals surface area contributed by atoms with Crippen molar-refractivity contribution in [1.82, 2.24) is 9.38 Å². The van der Waals surface area contributed by atoms with Gasteiger partial charge in [-0.15, -0.1) is 10.2 Å². The molecule has 0 fully saturated rings. The summed E-state index contributed by atoms with van der Waals surface area (Å²) in [5.41, 5.74) is 8.26. The first-order chi connectivity index (χ1) is 13.0. The number of rotatable bonds is 3. The van der Waals surface area contributed by atoms with Gasteiger partial charge in [-0.05, 0) is 50.5 Å². The van der Waals surface area contributed by atoms with E-state index in [2.05, 4.69) is 80.4 Å². The normalized spacial score (nSPS) is 11.6. The number of nitrogens with zero attached hydrogens (tertiary/aromatic N) is 4. The van der Waals surface area contributed by atoms with Crippen LogP contribution in [-0.2, 0) is 0 Å². The van der Waals surface area contributed by atoms with Crippen LogP contribution in [0.2, 0.25) is 0 Å². The molecule has 2 heterocycles. The Morgan fingerprint density at radius 3 is 2.11 bits per heavy atom. The van der Waals surface area contributed by atoms with Crippen LogP contribution >= 0.6 is 0 Å². The fraction of sp³-hybridized carbons (Fsp3) is 0.174. The van der Waals surface area contributed by atoms with Crippen LogP contribution in [0.4, 0.5) is 11.5 Å². The third kappa shape index (κ3) is 3.14. The molecule has 4 nitrogen and oxygen atoms in total. The summed E-state index contributed by atoms with van der Waals surface area (Å²) in [6.45, 7) is 8.26. The van der Waals surface area contributed by atoms with Gasteiger partial charge in [-0.25, -0.2) is 4.98 Å². The van der Waals surface area contributed by atoms with E-state index in [1.807, 2.05) is 22.7 Å². The van der Waals surface area contributed by atoms with Crippen molar-refractivity contribution < 1.29 is 0 Å². The maximum absolute atomic E-state index is 4.88. The number of azo groups is 1. The van der Waals surface area contributed by atoms with Gasteiger partial charge in [-0.1, -0.05) is 54.1 Å². The number of aryl methyl sites for hydroxylation is 4. The predicted molar refractivity (Wildman–Crippen MR) is 110 cm³/mol. The minimum atomic E-state index is 0.750. The molecule has 0 aliphatic rings. The van der Waals surface area contributed by atoms with E-state index < -0.39 is 0 Å². The molecule has 0 aliphatic heterocycles. The van der Waals surface area contributed by atoms with Crippen LogP contribution < -0.4 is 0 Å². The molecule has 0 spiro atoms. The Bertz CT molecular complexity index is 1130. The van der Waals surface area contributed by atoms with Gasteiger partial charge in [0.05, 0.1) is 5.69 Å². The van der Waals surface area contributed by atoms with E-state index in [9.17, 15) is 0 Å². The molecule has 0 saturated carbocycles. The Labute approximate surface area is 159 Å². The van der Waals surface area contributed by atoms with E-state index in [-0.39, 0.29) is 0 Å². The highest BCUT2D eigenvalue weighted by Gasteiger charge is 2.15. The van der Waals surface area contributed by atoms with Gasteiger partial charge >= 0.3 is 0 Å². The zero-order valence-electron chi connectivity index (χ0n) is 16.1. The summed E-state index contributed by atoms with van der Waals surface area (Å²) in [6.07, 6.45) is 1.99. The Morgan fingerprint density at radius 1 is 0.741 bits per heavy atom. The lowest BCUT2D eigenvalue weighted by molar-refractivity contribution is 1.09. The number of hydrogen-bond acceptors (Lipinski definition) is 3. The number of pyridine rings is 1. The van der Waals surface area contributed by atoms with Crippen LogP contribution in [0.5, 0.6) is 0 Å². The summed E-state index contributed by atoms with van der Waals surface area (Å²) in [4.78, 5) is 4.88. The quantitative estimate of drug-likeness (QED) is 0.380. The van der Waals surface area contributed by atoms with Crippen LogP contribution in [0.1, 0.15) is 22.3 Å². The van der Waals surface area contributed by atoms with Gasteiger partial charge in [-0.2, -0.15) is 0 Å². The van der Waals surface area contributed by atoms with Crippen molar-refractivity contribution in [3.05, 3.63) is 83.0 Å². The van der Waals surface area contributed by atoms with Crippen molar-refractivity contribution in [2.24, 2.45) is 10.2 Å². The summed E-state index contributed by atoms with van der Waals surface area (Å²) in [6, 6.07) is 18.6. The van der Waals surface area contributed by atoms with Gasteiger partial charge < -0.3 is 0 Å². The van der Waals surface area contributed by atoms with Crippen molar-refractivity contribution in [2.75, 3.05) is 0 Å². The summed E-state index contributed by atoms with van der Waals surface area (Å²) in [7, 11) is 0. The van der Waals surface area contributed by atoms with E-state index in [1.54, 1.807) is 0 Å². The zero-order chi connectivity index (χ0) is 19.0. The van der Waals surface area contributed by atoms with E-state index >= 15 is 0 Å². The lowest BCUT2D eigenvalue weighted by Gasteiger charge is -2.04. The summed E-state index contributed by atoms with van der Waals surface area (Å²) >= 11 is 0. The number of fused-ring (bicyclic) bond motifs is 1. The monoisotopic (exact) mass is 354 g/mol. The third-order valence-corrected chi connectivity index (χ3v) is 4.83. The van der Waals surface area contributed by atoms with Gasteiger partial charge in [0, 0.05) is 11.8 Å². The summed E-state index contributed by atoms with van der Waals surface area (Å²) in [5.74, 6) is 0.750. The average molecular weight is 354 g/mol. The number of benzene rings is 2. The fourth-order valence-corrected chi connectivity index (χ4v) is 3.25. The molecule has 4 rings (SSSR count). The molecule has 2 aromatic heterocycles. The molecule has 2 aromatic carbocycles. The van der Waals surface area contributed by atoms with Gasteiger partial charge in [0.2, 0.25) is 0 Å². The van der Waals surface area contributed by atoms with Crippen LogP contribution in [0.15, 0.2) is 71.0 Å². The smallest absolute Gasteiger partial charge is 0.187 e. The predicted octanol–water partition coefficient (Wildman–Crippen LogP) is 6.65. The molecule has 0 aliphatic carbocycles. The van der Waals surface area contributed by atoms with Crippen LogP contribution in [-0.4, -0.2) is 9.38 Å². The molecular formula is C23H22N4. The number of imidazole rings is 1. The first-order valence-corrected chi connectivity index (χ1v) is 9.07. The van der Waals surface area contributed by atoms with Crippen molar-refractivity contribution in [3.8, 4) is 11.3 Å². The molecular weight excluding hydrogens is 332 g/mol. The molecule has 0 radical (unpaired) electrons. The Balaban J connectivity index is 1.93. The van der Waals surface area contributed by atoms with Crippen LogP contribution in [0, 0.1) is 27.7 Å². The fourth-order valence-electron chi connectivity index (χ4n) is 3.25. The molecule has 0 N–H and O–H groups in total. The standard InChI is InChI=1S/C23H22N4/c1-15-10-12-19(13-11-15)21-23(27-14-6-9-18(4)22(27)24-21)26-25-20-16(2)7-5-8-17(20)3/h5-14H,1-4H3. The molecule has 0 atom stereocenters. The summed E-state index contributed by atoms with van der Waals surface area (Å²) < 4.78 is 2.02. The maximum Gasteiger partial charge on any atom is 0.187 e. The maximum atomic E-state index is 4.88. The molecule has 0 unspecified atom stereocenters. The SMILES string of the molecule is Cc1ccc(-c2nc3c(C)cccn3c2N=Nc2c(C)cccc2C)cc1. The van der Waals surface area contributed by atoms with Crippen LogP contribution in [0.3, 0.4) is 0 Å². The number of aromatic nitrogens is 2. The highest BCUT2D eigenvalue weighted by Crippen LogP contribution is 2.34. The molecule has 4 heteroatoms. The minimum absolute atomic E-state index is 0.750. The van der Waals surface area contributed by atoms with Gasteiger partial charge in [0.25, 0.3) is 0 Å². The first kappa shape index (κ1) is 17.2. The zero-order valence-corrected chi connectivity index (χ0v) is 16.1. The first-order valence-electron chi connectivity index (χ1n) is 9.07. The van der Waals surface area contributed by atoms with E-state index in [1.165, 1.54) is 5.56 Å². The lowest BCUT2D eigenvalue weighted by Crippen LogP contribution is -1.86. The molecule has 4 aromatic rings. The minimum Gasteiger partial charge on any atom is -0.282 e. The second kappa shape index (κ2) is 6.80. The Hall–Kier alpha value is -3.27. The highest BCUT2D eigenvalue weighted by atomic mass is 15.2. The van der Waals surface area contributed by atoms with Gasteiger partial charge in [0.15, 0.2) is 5.82 Å². The van der Waals surface area contributed by atoms with Crippen molar-refractivity contribution in [1.29, 1.82) is 0 Å². The largest absolute Gasteiger partial charge is 0.282 e. The highest BCUT2D eigenvalue weighted by molar-refractivity contribution is 5.75. The van der Waals surface area contributed by atoms with Crippen molar-refractivity contribution in [2.45, 2.75) is 27.7 Å². The lowest BCUT2D eigenvalue weighted by atomic mass is 10.1. The van der Waals surface area contributed by atoms with Gasteiger partial charge in [0.1, 0.15) is 11.3 Å². The van der Waals surface area contributed by atoms with Gasteiger partial charge in [-0.3, -0.25) is 4.40 Å².